The molecule has 4 nitrogen and oxygen atoms in total. The fourth-order valence-corrected chi connectivity index (χ4v) is 4.13. The van der Waals surface area contributed by atoms with Gasteiger partial charge >= 0.3 is 0 Å². The van der Waals surface area contributed by atoms with Crippen molar-refractivity contribution >= 4 is 5.91 Å². The monoisotopic (exact) mass is 366 g/mol. The molecule has 1 aromatic rings. The third-order valence-corrected chi connectivity index (χ3v) is 5.53. The summed E-state index contributed by atoms with van der Waals surface area (Å²) in [5, 5.41) is 0. The number of hydrogen-bond donors (Lipinski definition) is 0. The van der Waals surface area contributed by atoms with Gasteiger partial charge < -0.3 is 9.64 Å². The molecule has 144 valence electrons. The molecule has 2 heterocycles. The summed E-state index contributed by atoms with van der Waals surface area (Å²) in [6.45, 7) is 7.96. The highest BCUT2D eigenvalue weighted by Crippen LogP contribution is 2.37. The number of likely N-dealkylation sites (tertiary alicyclic amines) is 1. The van der Waals surface area contributed by atoms with Gasteiger partial charge in [0.25, 0.3) is 5.91 Å². The van der Waals surface area contributed by atoms with Gasteiger partial charge in [-0.2, -0.15) is 0 Å². The Morgan fingerprint density at radius 2 is 1.96 bits per heavy atom. The van der Waals surface area contributed by atoms with Gasteiger partial charge in [-0.3, -0.25) is 9.69 Å². The van der Waals surface area contributed by atoms with Crippen LogP contribution in [0.25, 0.3) is 0 Å². The average molecular weight is 366 g/mol. The van der Waals surface area contributed by atoms with Gasteiger partial charge in [-0.15, -0.1) is 0 Å². The van der Waals surface area contributed by atoms with Gasteiger partial charge in [-0.05, 0) is 51.3 Å². The quantitative estimate of drug-likeness (QED) is 0.768. The number of hydrogen-bond acceptors (Lipinski definition) is 3. The highest BCUT2D eigenvalue weighted by Gasteiger charge is 2.50. The van der Waals surface area contributed by atoms with Gasteiger partial charge in [-0.25, -0.2) is 8.78 Å². The first-order valence-corrected chi connectivity index (χ1v) is 9.37. The van der Waals surface area contributed by atoms with Gasteiger partial charge in [0.2, 0.25) is 0 Å². The molecule has 1 unspecified atom stereocenters. The van der Waals surface area contributed by atoms with E-state index in [0.29, 0.717) is 44.6 Å². The molecule has 0 aromatic heterocycles. The number of nitrogens with zero attached hydrogens (tertiary/aromatic N) is 2. The molecule has 1 atom stereocenters. The molecule has 2 fully saturated rings. The van der Waals surface area contributed by atoms with Crippen LogP contribution in [0, 0.1) is 5.82 Å². The van der Waals surface area contributed by atoms with Gasteiger partial charge in [0.05, 0.1) is 5.60 Å². The Morgan fingerprint density at radius 3 is 2.58 bits per heavy atom. The molecule has 0 bridgehead atoms. The van der Waals surface area contributed by atoms with E-state index in [1.807, 2.05) is 25.7 Å². The number of rotatable bonds is 4. The van der Waals surface area contributed by atoms with Crippen molar-refractivity contribution in [3.63, 3.8) is 0 Å². The summed E-state index contributed by atoms with van der Waals surface area (Å²) in [5.41, 5.74) is -0.578. The summed E-state index contributed by atoms with van der Waals surface area (Å²) in [6, 6.07) is 6.11. The average Bonchev–Trinajstić information content (AvgIpc) is 2.58. The van der Waals surface area contributed by atoms with E-state index in [-0.39, 0.29) is 18.1 Å². The zero-order chi connectivity index (χ0) is 18.9. The number of carbonyl (C=O) groups excluding carboxylic acids is 1. The molecule has 1 amide bonds. The standard InChI is InChI=1S/C20H28F2N2O2/c1-4-23-14-20(26-19(2,3)18(23)25)8-10-24(11-9-20)17(22)13-15-6-5-7-16(21)12-15/h5-7,12,17H,4,8-11,13-14H2,1-3H3. The van der Waals surface area contributed by atoms with Crippen molar-refractivity contribution in [1.82, 2.24) is 9.80 Å². The van der Waals surface area contributed by atoms with Crippen LogP contribution in [0.3, 0.4) is 0 Å². The predicted molar refractivity (Wildman–Crippen MR) is 96.0 cm³/mol. The summed E-state index contributed by atoms with van der Waals surface area (Å²) < 4.78 is 34.2. The third-order valence-electron chi connectivity index (χ3n) is 5.53. The lowest BCUT2D eigenvalue weighted by Crippen LogP contribution is -2.65. The highest BCUT2D eigenvalue weighted by atomic mass is 19.1. The van der Waals surface area contributed by atoms with Crippen LogP contribution >= 0.6 is 0 Å². The van der Waals surface area contributed by atoms with Crippen LogP contribution in [0.1, 0.15) is 39.2 Å². The molecule has 2 aliphatic rings. The van der Waals surface area contributed by atoms with Gasteiger partial charge in [0, 0.05) is 32.6 Å². The number of benzene rings is 1. The molecule has 3 rings (SSSR count). The van der Waals surface area contributed by atoms with Crippen LogP contribution in [0.2, 0.25) is 0 Å². The highest BCUT2D eigenvalue weighted by molar-refractivity contribution is 5.85. The van der Waals surface area contributed by atoms with Gasteiger partial charge in [-0.1, -0.05) is 12.1 Å². The normalized spacial score (nSPS) is 24.0. The van der Waals surface area contributed by atoms with Crippen molar-refractivity contribution in [3.05, 3.63) is 35.6 Å². The van der Waals surface area contributed by atoms with E-state index >= 15 is 0 Å². The van der Waals surface area contributed by atoms with Crippen LogP contribution in [0.4, 0.5) is 8.78 Å². The summed E-state index contributed by atoms with van der Waals surface area (Å²) >= 11 is 0. The lowest BCUT2D eigenvalue weighted by Gasteiger charge is -2.52. The van der Waals surface area contributed by atoms with E-state index in [1.165, 1.54) is 12.1 Å². The van der Waals surface area contributed by atoms with Crippen LogP contribution in [-0.2, 0) is 16.0 Å². The van der Waals surface area contributed by atoms with Crippen molar-refractivity contribution in [3.8, 4) is 0 Å². The minimum Gasteiger partial charge on any atom is -0.357 e. The van der Waals surface area contributed by atoms with Crippen LogP contribution in [0.15, 0.2) is 24.3 Å². The fraction of sp³-hybridized carbons (Fsp3) is 0.650. The summed E-state index contributed by atoms with van der Waals surface area (Å²) in [7, 11) is 0. The van der Waals surface area contributed by atoms with Crippen LogP contribution in [-0.4, -0.2) is 59.4 Å². The minimum absolute atomic E-state index is 0.0162. The summed E-state index contributed by atoms with van der Waals surface area (Å²) in [6.07, 6.45) is 0.402. The maximum atomic E-state index is 14.7. The number of morpholine rings is 1. The smallest absolute Gasteiger partial charge is 0.254 e. The Morgan fingerprint density at radius 1 is 1.27 bits per heavy atom. The van der Waals surface area contributed by atoms with Crippen molar-refractivity contribution in [2.24, 2.45) is 0 Å². The molecule has 0 N–H and O–H groups in total. The van der Waals surface area contributed by atoms with E-state index in [4.69, 9.17) is 4.74 Å². The number of piperidine rings is 1. The molecule has 1 aromatic carbocycles. The zero-order valence-electron chi connectivity index (χ0n) is 15.8. The third kappa shape index (κ3) is 3.91. The fourth-order valence-electron chi connectivity index (χ4n) is 4.13. The first-order chi connectivity index (χ1) is 12.2. The summed E-state index contributed by atoms with van der Waals surface area (Å²) in [4.78, 5) is 16.0. The van der Waals surface area contributed by atoms with Crippen LogP contribution < -0.4 is 0 Å². The molecule has 6 heteroatoms. The number of carbonyl (C=O) groups is 1. The van der Waals surface area contributed by atoms with Crippen LogP contribution in [0.5, 0.6) is 0 Å². The molecule has 0 saturated carbocycles. The molecule has 0 radical (unpaired) electrons. The number of halogens is 2. The van der Waals surface area contributed by atoms with Gasteiger partial charge in [0.1, 0.15) is 11.4 Å². The second-order valence-electron chi connectivity index (χ2n) is 7.92. The molecule has 2 saturated heterocycles. The molecule has 1 spiro atoms. The Bertz CT molecular complexity index is 657. The molecular weight excluding hydrogens is 338 g/mol. The predicted octanol–water partition coefficient (Wildman–Crippen LogP) is 3.16. The summed E-state index contributed by atoms with van der Waals surface area (Å²) in [5.74, 6) is -0.322. The first-order valence-electron chi connectivity index (χ1n) is 9.37. The second kappa shape index (κ2) is 7.24. The Labute approximate surface area is 154 Å². The van der Waals surface area contributed by atoms with E-state index in [0.717, 1.165) is 0 Å². The maximum absolute atomic E-state index is 14.7. The zero-order valence-corrected chi connectivity index (χ0v) is 15.8. The van der Waals surface area contributed by atoms with Crippen molar-refractivity contribution in [2.75, 3.05) is 26.2 Å². The van der Waals surface area contributed by atoms with Crippen molar-refractivity contribution in [2.45, 2.75) is 57.5 Å². The molecule has 0 aliphatic carbocycles. The minimum atomic E-state index is -1.14. The van der Waals surface area contributed by atoms with E-state index in [9.17, 15) is 13.6 Å². The lowest BCUT2D eigenvalue weighted by molar-refractivity contribution is -0.218. The number of alkyl halides is 1. The first kappa shape index (κ1) is 19.2. The number of likely N-dealkylation sites (N-methyl/N-ethyl adjacent to an activating group) is 1. The van der Waals surface area contributed by atoms with E-state index in [2.05, 4.69) is 0 Å². The Hall–Kier alpha value is -1.53. The van der Waals surface area contributed by atoms with E-state index < -0.39 is 17.5 Å². The lowest BCUT2D eigenvalue weighted by atomic mass is 9.86. The Kier molecular flexibility index (Phi) is 5.35. The SMILES string of the molecule is CCN1CC2(CCN(C(F)Cc3cccc(F)c3)CC2)OC(C)(C)C1=O. The molecule has 26 heavy (non-hydrogen) atoms. The Balaban J connectivity index is 1.62. The van der Waals surface area contributed by atoms with Gasteiger partial charge in [0.15, 0.2) is 6.30 Å². The maximum Gasteiger partial charge on any atom is 0.254 e. The number of amides is 1. The largest absolute Gasteiger partial charge is 0.357 e. The molecule has 2 aliphatic heterocycles. The second-order valence-corrected chi connectivity index (χ2v) is 7.92. The van der Waals surface area contributed by atoms with Crippen molar-refractivity contribution in [1.29, 1.82) is 0 Å². The number of ether oxygens (including phenoxy) is 1. The van der Waals surface area contributed by atoms with Crippen molar-refractivity contribution < 1.29 is 18.3 Å². The topological polar surface area (TPSA) is 32.8 Å². The van der Waals surface area contributed by atoms with E-state index in [1.54, 1.807) is 17.0 Å². The molecular formula is C20H28F2N2O2.